The molecule has 0 radical (unpaired) electrons. The van der Waals surface area contributed by atoms with Gasteiger partial charge in [-0.15, -0.1) is 5.10 Å². The van der Waals surface area contributed by atoms with Gasteiger partial charge in [0.15, 0.2) is 0 Å². The van der Waals surface area contributed by atoms with Crippen molar-refractivity contribution in [1.82, 2.24) is 20.2 Å². The lowest BCUT2D eigenvalue weighted by molar-refractivity contribution is -0.122. The summed E-state index contributed by atoms with van der Waals surface area (Å²) in [6.07, 6.45) is 4.55. The molecule has 51 heavy (non-hydrogen) atoms. The molecule has 0 saturated carbocycles. The van der Waals surface area contributed by atoms with Gasteiger partial charge in [0.25, 0.3) is 5.91 Å². The van der Waals surface area contributed by atoms with E-state index >= 15 is 0 Å². The van der Waals surface area contributed by atoms with Gasteiger partial charge < -0.3 is 10.1 Å². The van der Waals surface area contributed by atoms with Crippen molar-refractivity contribution in [3.8, 4) is 11.4 Å². The second kappa shape index (κ2) is 16.8. The summed E-state index contributed by atoms with van der Waals surface area (Å²) in [6, 6.07) is 29.9. The minimum absolute atomic E-state index is 0.102. The molecule has 1 aromatic heterocycles. The molecule has 262 valence electrons. The number of unbranched alkanes of at least 4 members (excludes halogenated alkanes) is 4. The average Bonchev–Trinajstić information content (AvgIpc) is 3.73. The molecule has 2 unspecified atom stereocenters. The molecule has 0 spiro atoms. The Kier molecular flexibility index (Phi) is 11.8. The van der Waals surface area contributed by atoms with Crippen LogP contribution in [0.3, 0.4) is 0 Å². The maximum Gasteiger partial charge on any atom is 0.294 e. The summed E-state index contributed by atoms with van der Waals surface area (Å²) in [5.74, 6) is 0.0429. The van der Waals surface area contributed by atoms with Gasteiger partial charge in [0.1, 0.15) is 11.5 Å². The predicted octanol–water partition coefficient (Wildman–Crippen LogP) is 8.97. The SMILES string of the molecule is CCCCCCCC(=O)Nc1ccccc1N1N=C(c2ccc(Cl)cc2)C(Oc2ccc(C)cc2C(C)Sc2nnnn2-c2ccccc2)C1=O. The first-order valence-electron chi connectivity index (χ1n) is 17.2. The molecule has 0 bridgehead atoms. The van der Waals surface area contributed by atoms with E-state index in [9.17, 15) is 9.59 Å². The number of carbonyl (C=O) groups is 2. The summed E-state index contributed by atoms with van der Waals surface area (Å²) >= 11 is 7.73. The van der Waals surface area contributed by atoms with E-state index in [0.29, 0.717) is 45.0 Å². The first kappa shape index (κ1) is 35.8. The number of nitrogens with zero attached hydrogens (tertiary/aromatic N) is 6. The quantitative estimate of drug-likeness (QED) is 0.0848. The second-order valence-corrected chi connectivity index (χ2v) is 14.1. The molecule has 6 rings (SSSR count). The van der Waals surface area contributed by atoms with Gasteiger partial charge in [-0.1, -0.05) is 116 Å². The van der Waals surface area contributed by atoms with E-state index in [-0.39, 0.29) is 17.1 Å². The van der Waals surface area contributed by atoms with Crippen molar-refractivity contribution < 1.29 is 14.3 Å². The number of carbonyl (C=O) groups excluding carboxylic acids is 2. The third-order valence-corrected chi connectivity index (χ3v) is 9.84. The van der Waals surface area contributed by atoms with Crippen molar-refractivity contribution in [2.45, 2.75) is 75.8 Å². The third-order valence-electron chi connectivity index (χ3n) is 8.51. The number of para-hydroxylation sites is 3. The Balaban J connectivity index is 1.28. The van der Waals surface area contributed by atoms with Crippen LogP contribution >= 0.6 is 23.4 Å². The molecule has 2 heterocycles. The van der Waals surface area contributed by atoms with Crippen LogP contribution in [0.1, 0.15) is 74.3 Å². The maximum atomic E-state index is 14.4. The fourth-order valence-electron chi connectivity index (χ4n) is 5.84. The lowest BCUT2D eigenvalue weighted by Crippen LogP contribution is -2.37. The van der Waals surface area contributed by atoms with E-state index in [1.54, 1.807) is 28.9 Å². The summed E-state index contributed by atoms with van der Waals surface area (Å²) in [5.41, 5.74) is 4.83. The minimum atomic E-state index is -1.08. The van der Waals surface area contributed by atoms with E-state index in [1.165, 1.54) is 16.8 Å². The van der Waals surface area contributed by atoms with Gasteiger partial charge in [-0.05, 0) is 73.2 Å². The Labute approximate surface area is 307 Å². The number of halogens is 1. The Morgan fingerprint density at radius 3 is 2.49 bits per heavy atom. The van der Waals surface area contributed by atoms with Crippen LogP contribution in [-0.4, -0.2) is 43.8 Å². The normalized spacial score (nSPS) is 14.7. The smallest absolute Gasteiger partial charge is 0.294 e. The molecule has 4 aromatic carbocycles. The first-order chi connectivity index (χ1) is 24.8. The number of amides is 2. The predicted molar refractivity (Wildman–Crippen MR) is 203 cm³/mol. The van der Waals surface area contributed by atoms with Crippen molar-refractivity contribution >= 4 is 52.3 Å². The molecule has 0 aliphatic carbocycles. The van der Waals surface area contributed by atoms with Crippen LogP contribution in [0, 0.1) is 6.92 Å². The molecule has 10 nitrogen and oxygen atoms in total. The summed E-state index contributed by atoms with van der Waals surface area (Å²) < 4.78 is 8.37. The number of anilines is 2. The number of ether oxygens (including phenoxy) is 1. The number of tetrazole rings is 1. The van der Waals surface area contributed by atoms with Gasteiger partial charge in [-0.25, -0.2) is 0 Å². The molecule has 2 atom stereocenters. The number of benzene rings is 4. The summed E-state index contributed by atoms with van der Waals surface area (Å²) in [4.78, 5) is 27.3. The van der Waals surface area contributed by atoms with Crippen LogP contribution in [0.25, 0.3) is 5.69 Å². The molecule has 1 aliphatic heterocycles. The summed E-state index contributed by atoms with van der Waals surface area (Å²) in [5, 5.41) is 22.6. The number of hydrogen-bond donors (Lipinski definition) is 1. The van der Waals surface area contributed by atoms with Crippen LogP contribution in [0.15, 0.2) is 107 Å². The first-order valence-corrected chi connectivity index (χ1v) is 18.4. The Morgan fingerprint density at radius 1 is 0.961 bits per heavy atom. The van der Waals surface area contributed by atoms with Gasteiger partial charge in [0.05, 0.1) is 17.1 Å². The Hall–Kier alpha value is -5.00. The Morgan fingerprint density at radius 2 is 1.71 bits per heavy atom. The number of nitrogens with one attached hydrogen (secondary N) is 1. The van der Waals surface area contributed by atoms with Crippen LogP contribution in [0.4, 0.5) is 11.4 Å². The number of hydrazone groups is 1. The van der Waals surface area contributed by atoms with Crippen molar-refractivity contribution in [1.29, 1.82) is 0 Å². The Bertz CT molecular complexity index is 2000. The van der Waals surface area contributed by atoms with Crippen LogP contribution in [0.5, 0.6) is 5.75 Å². The molecule has 12 heteroatoms. The highest BCUT2D eigenvalue weighted by atomic mass is 35.5. The van der Waals surface area contributed by atoms with Gasteiger partial charge in [-0.2, -0.15) is 14.8 Å². The average molecular weight is 722 g/mol. The van der Waals surface area contributed by atoms with E-state index in [4.69, 9.17) is 21.4 Å². The van der Waals surface area contributed by atoms with E-state index in [1.807, 2.05) is 79.7 Å². The van der Waals surface area contributed by atoms with Crippen molar-refractivity contribution in [2.24, 2.45) is 5.10 Å². The standard InChI is InChI=1S/C39H40ClN7O3S/c1-4-5-6-7-11-18-35(48)41-32-16-12-13-17-33(32)47-38(49)37(36(43-47)28-20-22-29(40)23-21-28)50-34-24-19-26(2)25-31(34)27(3)51-39-42-44-45-46(39)30-14-9-8-10-15-30/h8-10,12-17,19-25,27,37H,4-7,11,18H2,1-3H3,(H,41,48). The lowest BCUT2D eigenvalue weighted by atomic mass is 10.0. The number of aromatic nitrogens is 4. The van der Waals surface area contributed by atoms with Gasteiger partial charge in [0.2, 0.25) is 17.2 Å². The van der Waals surface area contributed by atoms with E-state index in [0.717, 1.165) is 48.9 Å². The zero-order chi connectivity index (χ0) is 35.7. The number of aryl methyl sites for hydroxylation is 1. The highest BCUT2D eigenvalue weighted by molar-refractivity contribution is 7.99. The van der Waals surface area contributed by atoms with Gasteiger partial charge in [-0.3, -0.25) is 9.59 Å². The third kappa shape index (κ3) is 8.66. The molecule has 5 aromatic rings. The number of thioether (sulfide) groups is 1. The molecule has 0 fully saturated rings. The molecule has 1 N–H and O–H groups in total. The van der Waals surface area contributed by atoms with Crippen LogP contribution in [0.2, 0.25) is 5.02 Å². The number of hydrogen-bond acceptors (Lipinski definition) is 8. The van der Waals surface area contributed by atoms with Crippen molar-refractivity contribution in [3.05, 3.63) is 119 Å². The molecular weight excluding hydrogens is 682 g/mol. The highest BCUT2D eigenvalue weighted by Crippen LogP contribution is 2.40. The van der Waals surface area contributed by atoms with Crippen molar-refractivity contribution in [3.63, 3.8) is 0 Å². The summed E-state index contributed by atoms with van der Waals surface area (Å²) in [6.45, 7) is 6.23. The number of rotatable bonds is 15. The molecular formula is C39H40ClN7O3S. The highest BCUT2D eigenvalue weighted by Gasteiger charge is 2.41. The molecule has 1 aliphatic rings. The zero-order valence-corrected chi connectivity index (χ0v) is 30.4. The van der Waals surface area contributed by atoms with Crippen LogP contribution in [-0.2, 0) is 9.59 Å². The van der Waals surface area contributed by atoms with E-state index in [2.05, 4.69) is 34.7 Å². The summed E-state index contributed by atoms with van der Waals surface area (Å²) in [7, 11) is 0. The second-order valence-electron chi connectivity index (χ2n) is 12.4. The topological polar surface area (TPSA) is 115 Å². The van der Waals surface area contributed by atoms with Crippen molar-refractivity contribution in [2.75, 3.05) is 10.3 Å². The van der Waals surface area contributed by atoms with Gasteiger partial charge >= 0.3 is 0 Å². The monoisotopic (exact) mass is 721 g/mol. The fourth-order valence-corrected chi connectivity index (χ4v) is 6.92. The molecule has 0 saturated heterocycles. The largest absolute Gasteiger partial charge is 0.474 e. The van der Waals surface area contributed by atoms with E-state index < -0.39 is 6.10 Å². The van der Waals surface area contributed by atoms with Crippen LogP contribution < -0.4 is 15.1 Å². The molecule has 2 amide bonds. The maximum absolute atomic E-state index is 14.4. The zero-order valence-electron chi connectivity index (χ0n) is 28.8. The minimum Gasteiger partial charge on any atom is -0.474 e. The van der Waals surface area contributed by atoms with Gasteiger partial charge in [0, 0.05) is 27.8 Å². The lowest BCUT2D eigenvalue weighted by Gasteiger charge is -2.22. The fraction of sp³-hybridized carbons (Fsp3) is 0.282.